The SMILES string of the molecule is Cc1cccc(Cl)c1C#Cc1c[nH]c2ncc(-c3cnc4c(c3)CNCC4)cc12. The van der Waals surface area contributed by atoms with Gasteiger partial charge < -0.3 is 10.3 Å². The Bertz CT molecular complexity index is 1270. The van der Waals surface area contributed by atoms with Crippen LogP contribution in [0.5, 0.6) is 0 Å². The summed E-state index contributed by atoms with van der Waals surface area (Å²) in [5, 5.41) is 5.07. The Morgan fingerprint density at radius 3 is 2.83 bits per heavy atom. The highest BCUT2D eigenvalue weighted by Gasteiger charge is 2.12. The number of hydrogen-bond acceptors (Lipinski definition) is 3. The minimum atomic E-state index is 0.671. The predicted octanol–water partition coefficient (Wildman–Crippen LogP) is 4.63. The number of aromatic nitrogens is 3. The van der Waals surface area contributed by atoms with E-state index < -0.39 is 0 Å². The molecule has 29 heavy (non-hydrogen) atoms. The zero-order chi connectivity index (χ0) is 19.8. The Morgan fingerprint density at radius 1 is 1.07 bits per heavy atom. The van der Waals surface area contributed by atoms with Gasteiger partial charge in [-0.05, 0) is 36.2 Å². The maximum atomic E-state index is 6.32. The second-order valence-corrected chi connectivity index (χ2v) is 7.67. The van der Waals surface area contributed by atoms with Crippen LogP contribution in [0.1, 0.15) is 27.9 Å². The van der Waals surface area contributed by atoms with Crippen molar-refractivity contribution in [1.29, 1.82) is 0 Å². The van der Waals surface area contributed by atoms with Crippen molar-refractivity contribution in [3.8, 4) is 23.0 Å². The first-order chi connectivity index (χ1) is 14.2. The smallest absolute Gasteiger partial charge is 0.138 e. The van der Waals surface area contributed by atoms with Gasteiger partial charge >= 0.3 is 0 Å². The van der Waals surface area contributed by atoms with Gasteiger partial charge in [-0.1, -0.05) is 35.6 Å². The molecule has 0 bridgehead atoms. The van der Waals surface area contributed by atoms with E-state index in [-0.39, 0.29) is 0 Å². The molecule has 0 amide bonds. The lowest BCUT2D eigenvalue weighted by Gasteiger charge is -2.16. The normalized spacial score (nSPS) is 13.0. The lowest BCUT2D eigenvalue weighted by atomic mass is 10.0. The fourth-order valence-electron chi connectivity index (χ4n) is 3.69. The maximum Gasteiger partial charge on any atom is 0.138 e. The third-order valence-corrected chi connectivity index (χ3v) is 5.64. The Labute approximate surface area is 174 Å². The summed E-state index contributed by atoms with van der Waals surface area (Å²) in [5.41, 5.74) is 8.21. The molecule has 0 atom stereocenters. The number of aryl methyl sites for hydroxylation is 1. The molecular weight excluding hydrogens is 380 g/mol. The number of nitrogens with one attached hydrogen (secondary N) is 2. The van der Waals surface area contributed by atoms with Crippen LogP contribution in [0.2, 0.25) is 5.02 Å². The van der Waals surface area contributed by atoms with Crippen molar-refractivity contribution in [2.75, 3.05) is 6.54 Å². The molecule has 0 saturated heterocycles. The lowest BCUT2D eigenvalue weighted by molar-refractivity contribution is 0.630. The molecule has 0 aliphatic carbocycles. The van der Waals surface area contributed by atoms with E-state index in [2.05, 4.69) is 44.2 Å². The largest absolute Gasteiger partial charge is 0.345 e. The summed E-state index contributed by atoms with van der Waals surface area (Å²) in [6, 6.07) is 10.2. The van der Waals surface area contributed by atoms with E-state index in [1.807, 2.05) is 43.7 Å². The van der Waals surface area contributed by atoms with Gasteiger partial charge in [0.1, 0.15) is 5.65 Å². The minimum Gasteiger partial charge on any atom is -0.345 e. The topological polar surface area (TPSA) is 53.6 Å². The van der Waals surface area contributed by atoms with Gasteiger partial charge in [-0.3, -0.25) is 4.98 Å². The molecule has 0 radical (unpaired) electrons. The molecule has 2 N–H and O–H groups in total. The quantitative estimate of drug-likeness (QED) is 0.459. The Morgan fingerprint density at radius 2 is 1.93 bits per heavy atom. The summed E-state index contributed by atoms with van der Waals surface area (Å²) >= 11 is 6.32. The summed E-state index contributed by atoms with van der Waals surface area (Å²) in [6.45, 7) is 3.87. The van der Waals surface area contributed by atoms with Crippen LogP contribution in [-0.4, -0.2) is 21.5 Å². The van der Waals surface area contributed by atoms with E-state index in [0.29, 0.717) is 5.02 Å². The van der Waals surface area contributed by atoms with Crippen molar-refractivity contribution in [3.05, 3.63) is 81.9 Å². The van der Waals surface area contributed by atoms with Crippen molar-refractivity contribution in [2.24, 2.45) is 0 Å². The molecule has 0 spiro atoms. The second-order valence-electron chi connectivity index (χ2n) is 7.26. The summed E-state index contributed by atoms with van der Waals surface area (Å²) in [4.78, 5) is 12.5. The molecule has 1 aliphatic heterocycles. The summed E-state index contributed by atoms with van der Waals surface area (Å²) in [7, 11) is 0. The third-order valence-electron chi connectivity index (χ3n) is 5.32. The summed E-state index contributed by atoms with van der Waals surface area (Å²) in [6.07, 6.45) is 6.70. The number of aromatic amines is 1. The van der Waals surface area contributed by atoms with Gasteiger partial charge in [0.2, 0.25) is 0 Å². The monoisotopic (exact) mass is 398 g/mol. The molecule has 1 aromatic carbocycles. The average Bonchev–Trinajstić information content (AvgIpc) is 3.15. The first kappa shape index (κ1) is 17.9. The molecule has 4 nitrogen and oxygen atoms in total. The number of nitrogens with zero attached hydrogens (tertiary/aromatic N) is 2. The lowest BCUT2D eigenvalue weighted by Crippen LogP contribution is -2.24. The first-order valence-electron chi connectivity index (χ1n) is 9.62. The molecule has 0 unspecified atom stereocenters. The van der Waals surface area contributed by atoms with E-state index in [1.165, 1.54) is 11.3 Å². The number of halogens is 1. The molecular formula is C24H19ClN4. The van der Waals surface area contributed by atoms with E-state index in [9.17, 15) is 0 Å². The van der Waals surface area contributed by atoms with Crippen molar-refractivity contribution in [3.63, 3.8) is 0 Å². The van der Waals surface area contributed by atoms with E-state index in [4.69, 9.17) is 11.6 Å². The third kappa shape index (κ3) is 3.40. The molecule has 1 aliphatic rings. The van der Waals surface area contributed by atoms with Crippen LogP contribution >= 0.6 is 11.6 Å². The van der Waals surface area contributed by atoms with Gasteiger partial charge in [0.05, 0.1) is 10.6 Å². The van der Waals surface area contributed by atoms with Gasteiger partial charge in [-0.15, -0.1) is 0 Å². The molecule has 5 rings (SSSR count). The van der Waals surface area contributed by atoms with Gasteiger partial charge in [-0.25, -0.2) is 4.98 Å². The maximum absolute atomic E-state index is 6.32. The number of hydrogen-bond donors (Lipinski definition) is 2. The minimum absolute atomic E-state index is 0.671. The first-order valence-corrected chi connectivity index (χ1v) is 10.00. The highest BCUT2D eigenvalue weighted by Crippen LogP contribution is 2.26. The van der Waals surface area contributed by atoms with Crippen molar-refractivity contribution in [2.45, 2.75) is 19.9 Å². The second kappa shape index (κ2) is 7.36. The molecule has 0 saturated carbocycles. The van der Waals surface area contributed by atoms with E-state index >= 15 is 0 Å². The molecule has 142 valence electrons. The zero-order valence-electron chi connectivity index (χ0n) is 16.0. The van der Waals surface area contributed by atoms with Crippen LogP contribution in [0.3, 0.4) is 0 Å². The van der Waals surface area contributed by atoms with Crippen molar-refractivity contribution >= 4 is 22.6 Å². The van der Waals surface area contributed by atoms with Crippen LogP contribution in [0.4, 0.5) is 0 Å². The Balaban J connectivity index is 1.56. The fraction of sp³-hybridized carbons (Fsp3) is 0.167. The van der Waals surface area contributed by atoms with E-state index in [0.717, 1.165) is 58.4 Å². The summed E-state index contributed by atoms with van der Waals surface area (Å²) < 4.78 is 0. The van der Waals surface area contributed by atoms with Crippen LogP contribution in [0.15, 0.2) is 48.9 Å². The van der Waals surface area contributed by atoms with Gasteiger partial charge in [0, 0.05) is 65.9 Å². The van der Waals surface area contributed by atoms with Crippen molar-refractivity contribution < 1.29 is 0 Å². The molecule has 3 aromatic heterocycles. The predicted molar refractivity (Wildman–Crippen MR) is 117 cm³/mol. The fourth-order valence-corrected chi connectivity index (χ4v) is 3.96. The zero-order valence-corrected chi connectivity index (χ0v) is 16.8. The Kier molecular flexibility index (Phi) is 4.55. The molecule has 4 heterocycles. The van der Waals surface area contributed by atoms with Crippen LogP contribution in [0, 0.1) is 18.8 Å². The number of H-pyrrole nitrogens is 1. The van der Waals surface area contributed by atoms with Gasteiger partial charge in [-0.2, -0.15) is 0 Å². The standard InChI is InChI=1S/C24H19ClN4/c1-15-3-2-4-22(25)20(15)6-5-16-12-28-24-21(16)10-18(14-29-24)17-9-19-11-26-8-7-23(19)27-13-17/h2-4,9-10,12-14,26H,7-8,11H2,1H3,(H,28,29). The number of fused-ring (bicyclic) bond motifs is 2. The molecule has 0 fully saturated rings. The van der Waals surface area contributed by atoms with Crippen LogP contribution in [0.25, 0.3) is 22.2 Å². The van der Waals surface area contributed by atoms with E-state index in [1.54, 1.807) is 0 Å². The van der Waals surface area contributed by atoms with Gasteiger partial charge in [0.15, 0.2) is 0 Å². The number of pyridine rings is 2. The van der Waals surface area contributed by atoms with Crippen LogP contribution < -0.4 is 5.32 Å². The summed E-state index contributed by atoms with van der Waals surface area (Å²) in [5.74, 6) is 6.49. The average molecular weight is 399 g/mol. The number of rotatable bonds is 1. The molecule has 5 heteroatoms. The highest BCUT2D eigenvalue weighted by atomic mass is 35.5. The van der Waals surface area contributed by atoms with Gasteiger partial charge in [0.25, 0.3) is 0 Å². The highest BCUT2D eigenvalue weighted by molar-refractivity contribution is 6.31. The number of benzene rings is 1. The molecule has 4 aromatic rings. The Hall–Kier alpha value is -3.13. The van der Waals surface area contributed by atoms with Crippen LogP contribution in [-0.2, 0) is 13.0 Å². The van der Waals surface area contributed by atoms with Crippen molar-refractivity contribution in [1.82, 2.24) is 20.3 Å².